The van der Waals surface area contributed by atoms with Crippen molar-refractivity contribution in [1.29, 1.82) is 0 Å². The minimum absolute atomic E-state index is 0. The van der Waals surface area contributed by atoms with Gasteiger partial charge in [0.25, 0.3) is 0 Å². The van der Waals surface area contributed by atoms with Gasteiger partial charge in [-0.1, -0.05) is 19.8 Å². The van der Waals surface area contributed by atoms with Gasteiger partial charge in [0.2, 0.25) is 0 Å². The van der Waals surface area contributed by atoms with Crippen molar-refractivity contribution in [1.82, 2.24) is 10.6 Å². The second-order valence-corrected chi connectivity index (χ2v) is 5.90. The van der Waals surface area contributed by atoms with Gasteiger partial charge >= 0.3 is 0 Å². The molecule has 0 spiro atoms. The van der Waals surface area contributed by atoms with E-state index in [9.17, 15) is 0 Å². The zero-order valence-electron chi connectivity index (χ0n) is 11.7. The van der Waals surface area contributed by atoms with Crippen LogP contribution in [-0.4, -0.2) is 26.1 Å². The fourth-order valence-electron chi connectivity index (χ4n) is 2.56. The summed E-state index contributed by atoms with van der Waals surface area (Å²) in [6.07, 6.45) is 8.36. The molecule has 0 amide bonds. The second kappa shape index (κ2) is 8.23. The molecule has 2 aliphatic rings. The van der Waals surface area contributed by atoms with Crippen molar-refractivity contribution in [2.24, 2.45) is 22.7 Å². The lowest BCUT2D eigenvalue weighted by Crippen LogP contribution is -2.41. The first-order chi connectivity index (χ1) is 8.28. The molecule has 0 saturated heterocycles. The summed E-state index contributed by atoms with van der Waals surface area (Å²) < 4.78 is 0. The number of rotatable bonds is 4. The maximum absolute atomic E-state index is 4.28. The minimum atomic E-state index is 0. The lowest BCUT2D eigenvalue weighted by atomic mass is 9.83. The largest absolute Gasteiger partial charge is 0.356 e. The van der Waals surface area contributed by atoms with Crippen LogP contribution in [0.2, 0.25) is 0 Å². The van der Waals surface area contributed by atoms with Crippen LogP contribution in [0.4, 0.5) is 0 Å². The highest BCUT2D eigenvalue weighted by atomic mass is 127. The molecule has 2 rings (SSSR count). The van der Waals surface area contributed by atoms with E-state index in [1.807, 2.05) is 7.05 Å². The highest BCUT2D eigenvalue weighted by Crippen LogP contribution is 2.28. The molecule has 0 aromatic rings. The third kappa shape index (κ3) is 5.76. The van der Waals surface area contributed by atoms with E-state index in [0.29, 0.717) is 0 Å². The average Bonchev–Trinajstić information content (AvgIpc) is 3.15. The maximum Gasteiger partial charge on any atom is 0.190 e. The van der Waals surface area contributed by atoms with Crippen molar-refractivity contribution < 1.29 is 0 Å². The smallest absolute Gasteiger partial charge is 0.190 e. The van der Waals surface area contributed by atoms with Crippen LogP contribution < -0.4 is 10.6 Å². The molecule has 2 aliphatic carbocycles. The van der Waals surface area contributed by atoms with Crippen LogP contribution in [-0.2, 0) is 0 Å². The number of nitrogens with zero attached hydrogens (tertiary/aromatic N) is 1. The summed E-state index contributed by atoms with van der Waals surface area (Å²) in [5.41, 5.74) is 0. The van der Waals surface area contributed by atoms with E-state index < -0.39 is 0 Å². The van der Waals surface area contributed by atoms with Gasteiger partial charge in [0.15, 0.2) is 5.96 Å². The lowest BCUT2D eigenvalue weighted by molar-refractivity contribution is 0.289. The number of hydrogen-bond donors (Lipinski definition) is 2. The first-order valence-electron chi connectivity index (χ1n) is 7.22. The normalized spacial score (nSPS) is 28.4. The van der Waals surface area contributed by atoms with Crippen LogP contribution in [0, 0.1) is 17.8 Å². The summed E-state index contributed by atoms with van der Waals surface area (Å²) in [5, 5.41) is 6.89. The molecular formula is C14H28IN3. The van der Waals surface area contributed by atoms with Crippen molar-refractivity contribution in [3.05, 3.63) is 0 Å². The van der Waals surface area contributed by atoms with Gasteiger partial charge in [-0.05, 0) is 43.4 Å². The third-order valence-electron chi connectivity index (χ3n) is 4.17. The molecule has 18 heavy (non-hydrogen) atoms. The molecule has 0 atom stereocenters. The molecule has 0 aromatic carbocycles. The van der Waals surface area contributed by atoms with Gasteiger partial charge in [0.05, 0.1) is 0 Å². The molecule has 0 radical (unpaired) electrons. The van der Waals surface area contributed by atoms with Crippen molar-refractivity contribution in [2.75, 3.05) is 20.1 Å². The summed E-state index contributed by atoms with van der Waals surface area (Å²) in [7, 11) is 1.87. The standard InChI is InChI=1S/C14H27N3.HI/c1-11-3-5-12(6-4-11)9-16-14(15-2)17-10-13-7-8-13;/h11-13H,3-10H2,1-2H3,(H2,15,16,17);1H. The fourth-order valence-corrected chi connectivity index (χ4v) is 2.56. The van der Waals surface area contributed by atoms with Crippen molar-refractivity contribution in [2.45, 2.75) is 45.4 Å². The fraction of sp³-hybridized carbons (Fsp3) is 0.929. The summed E-state index contributed by atoms with van der Waals surface area (Å²) >= 11 is 0. The van der Waals surface area contributed by atoms with E-state index in [1.54, 1.807) is 0 Å². The maximum atomic E-state index is 4.28. The zero-order chi connectivity index (χ0) is 12.1. The Kier molecular flexibility index (Phi) is 7.34. The van der Waals surface area contributed by atoms with Gasteiger partial charge < -0.3 is 10.6 Å². The van der Waals surface area contributed by atoms with Crippen LogP contribution in [0.1, 0.15) is 45.4 Å². The van der Waals surface area contributed by atoms with E-state index in [2.05, 4.69) is 22.5 Å². The number of halogens is 1. The van der Waals surface area contributed by atoms with Gasteiger partial charge in [0.1, 0.15) is 0 Å². The predicted octanol–water partition coefficient (Wildman–Crippen LogP) is 3.01. The highest BCUT2D eigenvalue weighted by Gasteiger charge is 2.21. The van der Waals surface area contributed by atoms with E-state index in [1.165, 1.54) is 38.5 Å². The molecule has 2 fully saturated rings. The lowest BCUT2D eigenvalue weighted by Gasteiger charge is -2.26. The van der Waals surface area contributed by atoms with E-state index in [0.717, 1.165) is 36.8 Å². The molecule has 106 valence electrons. The summed E-state index contributed by atoms with van der Waals surface area (Å²) in [6.45, 7) is 4.57. The van der Waals surface area contributed by atoms with Crippen LogP contribution in [0.25, 0.3) is 0 Å². The molecule has 0 heterocycles. The summed E-state index contributed by atoms with van der Waals surface area (Å²) in [4.78, 5) is 4.28. The molecule has 0 aromatic heterocycles. The Morgan fingerprint density at radius 3 is 1.78 bits per heavy atom. The van der Waals surface area contributed by atoms with E-state index >= 15 is 0 Å². The Morgan fingerprint density at radius 1 is 0.944 bits per heavy atom. The number of aliphatic imine (C=N–C) groups is 1. The Bertz CT molecular complexity index is 256. The predicted molar refractivity (Wildman–Crippen MR) is 88.6 cm³/mol. The van der Waals surface area contributed by atoms with Crippen LogP contribution in [0.3, 0.4) is 0 Å². The molecule has 0 bridgehead atoms. The van der Waals surface area contributed by atoms with Gasteiger partial charge in [0, 0.05) is 20.1 Å². The average molecular weight is 365 g/mol. The Morgan fingerprint density at radius 2 is 1.39 bits per heavy atom. The molecule has 4 heteroatoms. The first kappa shape index (κ1) is 16.1. The van der Waals surface area contributed by atoms with Crippen LogP contribution in [0.5, 0.6) is 0 Å². The molecule has 2 saturated carbocycles. The number of hydrogen-bond acceptors (Lipinski definition) is 1. The Balaban J connectivity index is 0.00000162. The SMILES string of the molecule is CN=C(NCC1CCC(C)CC1)NCC1CC1.I. The Hall–Kier alpha value is 0. The molecular weight excluding hydrogens is 337 g/mol. The van der Waals surface area contributed by atoms with Crippen molar-refractivity contribution >= 4 is 29.9 Å². The quantitative estimate of drug-likeness (QED) is 0.457. The van der Waals surface area contributed by atoms with Gasteiger partial charge in [-0.25, -0.2) is 0 Å². The van der Waals surface area contributed by atoms with Crippen LogP contribution in [0.15, 0.2) is 4.99 Å². The van der Waals surface area contributed by atoms with Gasteiger partial charge in [-0.15, -0.1) is 24.0 Å². The summed E-state index contributed by atoms with van der Waals surface area (Å²) in [5.74, 6) is 3.70. The van der Waals surface area contributed by atoms with Crippen LogP contribution >= 0.6 is 24.0 Å². The third-order valence-corrected chi connectivity index (χ3v) is 4.17. The van der Waals surface area contributed by atoms with Crippen molar-refractivity contribution in [3.63, 3.8) is 0 Å². The molecule has 3 nitrogen and oxygen atoms in total. The topological polar surface area (TPSA) is 36.4 Å². The summed E-state index contributed by atoms with van der Waals surface area (Å²) in [6, 6.07) is 0. The molecule has 2 N–H and O–H groups in total. The highest BCUT2D eigenvalue weighted by molar-refractivity contribution is 14.0. The monoisotopic (exact) mass is 365 g/mol. The zero-order valence-corrected chi connectivity index (χ0v) is 14.1. The van der Waals surface area contributed by atoms with E-state index in [4.69, 9.17) is 0 Å². The second-order valence-electron chi connectivity index (χ2n) is 5.90. The molecule has 0 unspecified atom stereocenters. The first-order valence-corrected chi connectivity index (χ1v) is 7.22. The van der Waals surface area contributed by atoms with Gasteiger partial charge in [-0.2, -0.15) is 0 Å². The number of guanidine groups is 1. The minimum Gasteiger partial charge on any atom is -0.356 e. The van der Waals surface area contributed by atoms with Crippen molar-refractivity contribution in [3.8, 4) is 0 Å². The number of nitrogens with one attached hydrogen (secondary N) is 2. The van der Waals surface area contributed by atoms with E-state index in [-0.39, 0.29) is 24.0 Å². The van der Waals surface area contributed by atoms with Gasteiger partial charge in [-0.3, -0.25) is 4.99 Å². The molecule has 0 aliphatic heterocycles. The Labute approximate surface area is 129 Å².